The summed E-state index contributed by atoms with van der Waals surface area (Å²) in [5.41, 5.74) is 5.46. The SMILES string of the molecule is N=C(N)N1CCC(N2CCOCC2)C1. The number of ether oxygens (including phenoxy) is 1. The molecule has 1 unspecified atom stereocenters. The molecule has 2 aliphatic heterocycles. The zero-order valence-electron chi connectivity index (χ0n) is 8.41. The van der Waals surface area contributed by atoms with Crippen molar-refractivity contribution in [3.05, 3.63) is 0 Å². The molecule has 0 aromatic rings. The zero-order valence-corrected chi connectivity index (χ0v) is 8.41. The predicted molar refractivity (Wildman–Crippen MR) is 54.3 cm³/mol. The Morgan fingerprint density at radius 2 is 2.00 bits per heavy atom. The molecule has 0 bridgehead atoms. The van der Waals surface area contributed by atoms with Crippen molar-refractivity contribution in [1.82, 2.24) is 9.80 Å². The second-order valence-corrected chi connectivity index (χ2v) is 3.92. The van der Waals surface area contributed by atoms with Crippen molar-refractivity contribution in [2.24, 2.45) is 5.73 Å². The van der Waals surface area contributed by atoms with E-state index in [0.717, 1.165) is 45.8 Å². The maximum atomic E-state index is 7.36. The van der Waals surface area contributed by atoms with Gasteiger partial charge in [-0.3, -0.25) is 10.3 Å². The van der Waals surface area contributed by atoms with E-state index in [1.54, 1.807) is 0 Å². The lowest BCUT2D eigenvalue weighted by molar-refractivity contribution is 0.0195. The molecular weight excluding hydrogens is 180 g/mol. The molecule has 3 N–H and O–H groups in total. The highest BCUT2D eigenvalue weighted by molar-refractivity contribution is 5.74. The smallest absolute Gasteiger partial charge is 0.188 e. The second kappa shape index (κ2) is 4.14. The Kier molecular flexibility index (Phi) is 2.88. The van der Waals surface area contributed by atoms with E-state index in [2.05, 4.69) is 4.90 Å². The average molecular weight is 198 g/mol. The van der Waals surface area contributed by atoms with E-state index < -0.39 is 0 Å². The van der Waals surface area contributed by atoms with Crippen molar-refractivity contribution in [3.63, 3.8) is 0 Å². The average Bonchev–Trinajstić information content (AvgIpc) is 2.68. The standard InChI is InChI=1S/C9H18N4O/c10-9(11)13-2-1-8(7-13)12-3-5-14-6-4-12/h8H,1-7H2,(H3,10,11). The summed E-state index contributed by atoms with van der Waals surface area (Å²) >= 11 is 0. The minimum Gasteiger partial charge on any atom is -0.379 e. The molecule has 2 fully saturated rings. The predicted octanol–water partition coefficient (Wildman–Crippen LogP) is -0.714. The number of hydrogen-bond acceptors (Lipinski definition) is 3. The van der Waals surface area contributed by atoms with Gasteiger partial charge in [0, 0.05) is 32.2 Å². The van der Waals surface area contributed by atoms with E-state index in [4.69, 9.17) is 15.9 Å². The molecule has 0 aliphatic carbocycles. The first-order chi connectivity index (χ1) is 6.77. The number of likely N-dealkylation sites (tertiary alicyclic amines) is 1. The van der Waals surface area contributed by atoms with E-state index in [1.165, 1.54) is 0 Å². The molecule has 1 atom stereocenters. The molecule has 5 heteroatoms. The number of morpholine rings is 1. The van der Waals surface area contributed by atoms with E-state index in [9.17, 15) is 0 Å². The van der Waals surface area contributed by atoms with Crippen molar-refractivity contribution in [3.8, 4) is 0 Å². The fourth-order valence-electron chi connectivity index (χ4n) is 2.20. The van der Waals surface area contributed by atoms with Crippen molar-refractivity contribution < 1.29 is 4.74 Å². The maximum absolute atomic E-state index is 7.36. The molecule has 0 radical (unpaired) electrons. The first-order valence-electron chi connectivity index (χ1n) is 5.18. The van der Waals surface area contributed by atoms with Crippen molar-refractivity contribution in [1.29, 1.82) is 5.41 Å². The van der Waals surface area contributed by atoms with E-state index in [-0.39, 0.29) is 5.96 Å². The summed E-state index contributed by atoms with van der Waals surface area (Å²) in [4.78, 5) is 4.40. The number of nitrogens with zero attached hydrogens (tertiary/aromatic N) is 2. The molecule has 5 nitrogen and oxygen atoms in total. The summed E-state index contributed by atoms with van der Waals surface area (Å²) in [5.74, 6) is 0.209. The number of nitrogens with two attached hydrogens (primary N) is 1. The number of rotatable bonds is 1. The summed E-state index contributed by atoms with van der Waals surface area (Å²) in [7, 11) is 0. The minimum atomic E-state index is 0.209. The van der Waals surface area contributed by atoms with Crippen LogP contribution in [-0.4, -0.2) is 61.2 Å². The van der Waals surface area contributed by atoms with Gasteiger partial charge in [0.05, 0.1) is 13.2 Å². The Labute approximate surface area is 84.3 Å². The summed E-state index contributed by atoms with van der Waals surface area (Å²) in [6.07, 6.45) is 1.12. The van der Waals surface area contributed by atoms with Gasteiger partial charge in [-0.2, -0.15) is 0 Å². The van der Waals surface area contributed by atoms with Crippen LogP contribution in [0, 0.1) is 5.41 Å². The molecule has 2 saturated heterocycles. The van der Waals surface area contributed by atoms with Gasteiger partial charge in [-0.05, 0) is 6.42 Å². The zero-order chi connectivity index (χ0) is 9.97. The van der Waals surface area contributed by atoms with E-state index in [1.807, 2.05) is 4.90 Å². The van der Waals surface area contributed by atoms with Crippen molar-refractivity contribution in [2.45, 2.75) is 12.5 Å². The molecule has 14 heavy (non-hydrogen) atoms. The van der Waals surface area contributed by atoms with Crippen LogP contribution >= 0.6 is 0 Å². The third kappa shape index (κ3) is 1.99. The third-order valence-corrected chi connectivity index (χ3v) is 3.07. The van der Waals surface area contributed by atoms with Gasteiger partial charge < -0.3 is 15.4 Å². The Morgan fingerprint density at radius 3 is 2.57 bits per heavy atom. The van der Waals surface area contributed by atoms with E-state index >= 15 is 0 Å². The van der Waals surface area contributed by atoms with Crippen LogP contribution in [0.3, 0.4) is 0 Å². The van der Waals surface area contributed by atoms with Crippen LogP contribution in [0.15, 0.2) is 0 Å². The Morgan fingerprint density at radius 1 is 1.29 bits per heavy atom. The lowest BCUT2D eigenvalue weighted by Gasteiger charge is -2.32. The Hall–Kier alpha value is -0.810. The topological polar surface area (TPSA) is 65.6 Å². The Bertz CT molecular complexity index is 215. The highest BCUT2D eigenvalue weighted by Gasteiger charge is 2.28. The van der Waals surface area contributed by atoms with Crippen LogP contribution in [0.25, 0.3) is 0 Å². The summed E-state index contributed by atoms with van der Waals surface area (Å²) in [6.45, 7) is 5.58. The molecular formula is C9H18N4O. The fourth-order valence-corrected chi connectivity index (χ4v) is 2.20. The quantitative estimate of drug-likeness (QED) is 0.431. The summed E-state index contributed by atoms with van der Waals surface area (Å²) in [5, 5.41) is 7.36. The monoisotopic (exact) mass is 198 g/mol. The van der Waals surface area contributed by atoms with Gasteiger partial charge in [0.15, 0.2) is 5.96 Å². The van der Waals surface area contributed by atoms with Gasteiger partial charge in [-0.25, -0.2) is 0 Å². The molecule has 0 spiro atoms. The van der Waals surface area contributed by atoms with Crippen LogP contribution in [0.1, 0.15) is 6.42 Å². The molecule has 0 aromatic heterocycles. The lowest BCUT2D eigenvalue weighted by atomic mass is 10.2. The number of hydrogen-bond donors (Lipinski definition) is 2. The minimum absolute atomic E-state index is 0.209. The van der Waals surface area contributed by atoms with Gasteiger partial charge >= 0.3 is 0 Å². The molecule has 0 aromatic carbocycles. The first-order valence-corrected chi connectivity index (χ1v) is 5.18. The normalized spacial score (nSPS) is 29.4. The van der Waals surface area contributed by atoms with Crippen LogP contribution in [0.5, 0.6) is 0 Å². The van der Waals surface area contributed by atoms with Crippen molar-refractivity contribution >= 4 is 5.96 Å². The summed E-state index contributed by atoms with van der Waals surface area (Å²) in [6, 6.07) is 0.572. The van der Waals surface area contributed by atoms with Gasteiger partial charge in [0.1, 0.15) is 0 Å². The van der Waals surface area contributed by atoms with Crippen LogP contribution in [0.4, 0.5) is 0 Å². The molecule has 2 rings (SSSR count). The molecule has 2 heterocycles. The largest absolute Gasteiger partial charge is 0.379 e. The highest BCUT2D eigenvalue weighted by atomic mass is 16.5. The molecule has 80 valence electrons. The Balaban J connectivity index is 1.85. The van der Waals surface area contributed by atoms with Gasteiger partial charge in [-0.15, -0.1) is 0 Å². The van der Waals surface area contributed by atoms with Crippen LogP contribution in [0.2, 0.25) is 0 Å². The number of guanidine groups is 1. The van der Waals surface area contributed by atoms with Gasteiger partial charge in [-0.1, -0.05) is 0 Å². The second-order valence-electron chi connectivity index (χ2n) is 3.92. The van der Waals surface area contributed by atoms with Crippen LogP contribution < -0.4 is 5.73 Å². The van der Waals surface area contributed by atoms with Crippen molar-refractivity contribution in [2.75, 3.05) is 39.4 Å². The number of nitrogens with one attached hydrogen (secondary N) is 1. The maximum Gasteiger partial charge on any atom is 0.188 e. The van der Waals surface area contributed by atoms with Crippen LogP contribution in [-0.2, 0) is 4.74 Å². The van der Waals surface area contributed by atoms with Gasteiger partial charge in [0.25, 0.3) is 0 Å². The third-order valence-electron chi connectivity index (χ3n) is 3.07. The lowest BCUT2D eigenvalue weighted by Crippen LogP contribution is -2.45. The highest BCUT2D eigenvalue weighted by Crippen LogP contribution is 2.16. The molecule has 0 saturated carbocycles. The van der Waals surface area contributed by atoms with E-state index in [0.29, 0.717) is 6.04 Å². The fraction of sp³-hybridized carbons (Fsp3) is 0.889. The first kappa shape index (κ1) is 9.73. The van der Waals surface area contributed by atoms with Gasteiger partial charge in [0.2, 0.25) is 0 Å². The molecule has 0 amide bonds. The summed E-state index contributed by atoms with van der Waals surface area (Å²) < 4.78 is 5.31. The molecule has 2 aliphatic rings.